The molecule has 1 fully saturated rings. The van der Waals surface area contributed by atoms with Gasteiger partial charge in [-0.1, -0.05) is 57.9 Å². The van der Waals surface area contributed by atoms with Gasteiger partial charge >= 0.3 is 5.97 Å². The van der Waals surface area contributed by atoms with Crippen molar-refractivity contribution < 1.29 is 29.0 Å². The van der Waals surface area contributed by atoms with Crippen molar-refractivity contribution >= 4 is 35.0 Å². The maximum atomic E-state index is 13.8. The summed E-state index contributed by atoms with van der Waals surface area (Å²) in [6.07, 6.45) is 2.83. The van der Waals surface area contributed by atoms with Crippen molar-refractivity contribution in [3.8, 4) is 10.4 Å². The predicted octanol–water partition coefficient (Wildman–Crippen LogP) is 4.30. The molecule has 2 heterocycles. The Morgan fingerprint density at radius 3 is 2.30 bits per heavy atom. The number of hydrogen-bond acceptors (Lipinski definition) is 8. The van der Waals surface area contributed by atoms with E-state index in [4.69, 9.17) is 0 Å². The summed E-state index contributed by atoms with van der Waals surface area (Å²) in [5, 5.41) is 16.4. The standard InChI is InChI=1S/C32H46N4O6S/c1-20(22-13-15-23(16-14-22)28-21(2)33-19-43-28)34-30(40)25-17-24(37)18-36(25)31(41)29(32(3,4)5)35-26(38)11-9-7-8-10-12-27(39)42-6/h13-16,19-20,24-25,29,37H,7-12,17-18H2,1-6H3,(H,34,40)(H,35,38)/t20-,24+,25-,29+/m0/s1. The fourth-order valence-electron chi connectivity index (χ4n) is 5.26. The first kappa shape index (κ1) is 34.2. The Labute approximate surface area is 258 Å². The van der Waals surface area contributed by atoms with Crippen molar-refractivity contribution in [1.29, 1.82) is 0 Å². The third-order valence-electron chi connectivity index (χ3n) is 7.82. The Kier molecular flexibility index (Phi) is 12.3. The summed E-state index contributed by atoms with van der Waals surface area (Å²) in [4.78, 5) is 58.1. The number of carbonyl (C=O) groups is 4. The van der Waals surface area contributed by atoms with E-state index in [2.05, 4.69) is 20.4 Å². The molecule has 0 bridgehead atoms. The van der Waals surface area contributed by atoms with Gasteiger partial charge in [-0.3, -0.25) is 19.2 Å². The molecule has 3 rings (SSSR count). The lowest BCUT2D eigenvalue weighted by molar-refractivity contribution is -0.144. The van der Waals surface area contributed by atoms with Gasteiger partial charge in [0, 0.05) is 25.8 Å². The van der Waals surface area contributed by atoms with Gasteiger partial charge in [-0.15, -0.1) is 11.3 Å². The number of esters is 1. The number of rotatable bonds is 13. The number of aliphatic hydroxyl groups excluding tert-OH is 1. The van der Waals surface area contributed by atoms with E-state index in [9.17, 15) is 24.3 Å². The number of β-amino-alcohol motifs (C(OH)–C–C–N with tert-alkyl or cyclic N) is 1. The van der Waals surface area contributed by atoms with Crippen LogP contribution in [0.2, 0.25) is 0 Å². The predicted molar refractivity (Wildman–Crippen MR) is 166 cm³/mol. The summed E-state index contributed by atoms with van der Waals surface area (Å²) in [7, 11) is 1.36. The summed E-state index contributed by atoms with van der Waals surface area (Å²) in [5.41, 5.74) is 4.15. The molecule has 4 atom stereocenters. The number of carbonyl (C=O) groups excluding carboxylic acids is 4. The number of hydrogen-bond donors (Lipinski definition) is 3. The van der Waals surface area contributed by atoms with Crippen LogP contribution in [0.1, 0.15) is 89.9 Å². The Morgan fingerprint density at radius 1 is 1.07 bits per heavy atom. The van der Waals surface area contributed by atoms with Crippen LogP contribution in [-0.2, 0) is 23.9 Å². The van der Waals surface area contributed by atoms with E-state index in [1.54, 1.807) is 11.3 Å². The highest BCUT2D eigenvalue weighted by molar-refractivity contribution is 7.13. The van der Waals surface area contributed by atoms with E-state index >= 15 is 0 Å². The first-order valence-electron chi connectivity index (χ1n) is 15.0. The Morgan fingerprint density at radius 2 is 1.72 bits per heavy atom. The molecule has 3 amide bonds. The van der Waals surface area contributed by atoms with E-state index < -0.39 is 23.6 Å². The van der Waals surface area contributed by atoms with Crippen LogP contribution in [0.5, 0.6) is 0 Å². The molecule has 0 radical (unpaired) electrons. The zero-order chi connectivity index (χ0) is 31.7. The third-order valence-corrected chi connectivity index (χ3v) is 8.80. The van der Waals surface area contributed by atoms with Gasteiger partial charge < -0.3 is 25.4 Å². The molecule has 0 saturated carbocycles. The van der Waals surface area contributed by atoms with Crippen molar-refractivity contribution in [2.24, 2.45) is 5.41 Å². The molecule has 1 aromatic carbocycles. The van der Waals surface area contributed by atoms with Crippen molar-refractivity contribution in [2.75, 3.05) is 13.7 Å². The second-order valence-electron chi connectivity index (χ2n) is 12.4. The summed E-state index contributed by atoms with van der Waals surface area (Å²) in [5.74, 6) is -1.21. The molecule has 2 aromatic rings. The number of nitrogens with zero attached hydrogens (tertiary/aromatic N) is 2. The highest BCUT2D eigenvalue weighted by atomic mass is 32.1. The van der Waals surface area contributed by atoms with Gasteiger partial charge in [0.05, 0.1) is 35.3 Å². The fraction of sp³-hybridized carbons (Fsp3) is 0.594. The van der Waals surface area contributed by atoms with Crippen LogP contribution in [-0.4, -0.2) is 70.5 Å². The molecule has 0 spiro atoms. The average molecular weight is 615 g/mol. The number of likely N-dealkylation sites (tertiary alicyclic amines) is 1. The van der Waals surface area contributed by atoms with E-state index in [1.165, 1.54) is 12.0 Å². The molecule has 0 aliphatic carbocycles. The molecule has 11 heteroatoms. The second kappa shape index (κ2) is 15.4. The van der Waals surface area contributed by atoms with Crippen molar-refractivity contribution in [3.63, 3.8) is 0 Å². The highest BCUT2D eigenvalue weighted by Crippen LogP contribution is 2.29. The largest absolute Gasteiger partial charge is 0.469 e. The van der Waals surface area contributed by atoms with Crippen molar-refractivity contribution in [1.82, 2.24) is 20.5 Å². The van der Waals surface area contributed by atoms with Crippen molar-refractivity contribution in [3.05, 3.63) is 41.0 Å². The zero-order valence-electron chi connectivity index (χ0n) is 26.1. The van der Waals surface area contributed by atoms with Crippen molar-refractivity contribution in [2.45, 2.75) is 104 Å². The smallest absolute Gasteiger partial charge is 0.305 e. The van der Waals surface area contributed by atoms with Gasteiger partial charge in [-0.25, -0.2) is 4.98 Å². The van der Waals surface area contributed by atoms with Gasteiger partial charge in [0.25, 0.3) is 0 Å². The quantitative estimate of drug-likeness (QED) is 0.226. The number of aliphatic hydroxyl groups is 1. The maximum Gasteiger partial charge on any atom is 0.305 e. The van der Waals surface area contributed by atoms with Gasteiger partial charge in [0.15, 0.2) is 0 Å². The number of aryl methyl sites for hydroxylation is 1. The Hall–Kier alpha value is -3.31. The minimum atomic E-state index is -0.861. The Bertz CT molecular complexity index is 1260. The number of thiazole rings is 1. The third kappa shape index (κ3) is 9.59. The lowest BCUT2D eigenvalue weighted by Gasteiger charge is -2.35. The summed E-state index contributed by atoms with van der Waals surface area (Å²) >= 11 is 1.58. The second-order valence-corrected chi connectivity index (χ2v) is 13.2. The number of nitrogens with one attached hydrogen (secondary N) is 2. The van der Waals surface area contributed by atoms with E-state index in [0.29, 0.717) is 19.3 Å². The summed E-state index contributed by atoms with van der Waals surface area (Å²) < 4.78 is 4.64. The van der Waals surface area contributed by atoms with E-state index in [0.717, 1.165) is 34.5 Å². The number of ether oxygens (including phenoxy) is 1. The summed E-state index contributed by atoms with van der Waals surface area (Å²) in [6.45, 7) is 9.48. The first-order chi connectivity index (χ1) is 20.3. The number of aromatic nitrogens is 1. The maximum absolute atomic E-state index is 13.8. The topological polar surface area (TPSA) is 138 Å². The molecule has 43 heavy (non-hydrogen) atoms. The molecule has 1 saturated heterocycles. The molecule has 10 nitrogen and oxygen atoms in total. The van der Waals surface area contributed by atoms with Crippen LogP contribution < -0.4 is 10.6 Å². The molecular formula is C32H46N4O6S. The first-order valence-corrected chi connectivity index (χ1v) is 15.8. The lowest BCUT2D eigenvalue weighted by atomic mass is 9.85. The van der Waals surface area contributed by atoms with Crippen LogP contribution >= 0.6 is 11.3 Å². The molecule has 1 aliphatic heterocycles. The Balaban J connectivity index is 1.60. The van der Waals surface area contributed by atoms with E-state index in [1.807, 2.05) is 64.4 Å². The minimum absolute atomic E-state index is 0.0246. The number of unbranched alkanes of at least 4 members (excludes halogenated alkanes) is 3. The van der Waals surface area contributed by atoms with Crippen LogP contribution in [0.4, 0.5) is 0 Å². The van der Waals surface area contributed by atoms with Gasteiger partial charge in [-0.2, -0.15) is 0 Å². The zero-order valence-corrected chi connectivity index (χ0v) is 27.0. The molecule has 1 aromatic heterocycles. The SMILES string of the molecule is COC(=O)CCCCCCC(=O)N[C@H](C(=O)N1C[C@H](O)C[C@H]1C(=O)N[C@@H](C)c1ccc(-c2scnc2C)cc1)C(C)(C)C. The lowest BCUT2D eigenvalue weighted by Crippen LogP contribution is -2.57. The fourth-order valence-corrected chi connectivity index (χ4v) is 6.07. The molecular weight excluding hydrogens is 568 g/mol. The van der Waals surface area contributed by atoms with Crippen LogP contribution in [0.15, 0.2) is 29.8 Å². The average Bonchev–Trinajstić information content (AvgIpc) is 3.57. The highest BCUT2D eigenvalue weighted by Gasteiger charge is 2.44. The molecule has 236 valence electrons. The normalized spacial score (nSPS) is 18.2. The monoisotopic (exact) mass is 614 g/mol. The minimum Gasteiger partial charge on any atom is -0.469 e. The number of amides is 3. The van der Waals surface area contributed by atoms with Crippen LogP contribution in [0, 0.1) is 12.3 Å². The summed E-state index contributed by atoms with van der Waals surface area (Å²) in [6, 6.07) is 5.93. The molecule has 3 N–H and O–H groups in total. The number of benzene rings is 1. The van der Waals surface area contributed by atoms with Gasteiger partial charge in [-0.05, 0) is 43.2 Å². The van der Waals surface area contributed by atoms with Gasteiger partial charge in [0.2, 0.25) is 17.7 Å². The van der Waals surface area contributed by atoms with Crippen LogP contribution in [0.25, 0.3) is 10.4 Å². The molecule has 0 unspecified atom stereocenters. The van der Waals surface area contributed by atoms with Gasteiger partial charge in [0.1, 0.15) is 12.1 Å². The van der Waals surface area contributed by atoms with Crippen LogP contribution in [0.3, 0.4) is 0 Å². The van der Waals surface area contributed by atoms with E-state index in [-0.39, 0.29) is 49.1 Å². The number of methoxy groups -OCH3 is 1. The molecule has 1 aliphatic rings.